The molecule has 1 aliphatic rings. The van der Waals surface area contributed by atoms with Crippen LogP contribution in [-0.4, -0.2) is 18.4 Å². The van der Waals surface area contributed by atoms with E-state index in [0.717, 1.165) is 5.33 Å². The lowest BCUT2D eigenvalue weighted by Crippen LogP contribution is -2.37. The molecule has 0 aromatic heterocycles. The minimum Gasteiger partial charge on any atom is -0.371 e. The molecule has 1 atom stereocenters. The van der Waals surface area contributed by atoms with E-state index >= 15 is 0 Å². The second-order valence-electron chi connectivity index (χ2n) is 3.59. The molecule has 13 heavy (non-hydrogen) atoms. The highest BCUT2D eigenvalue weighted by molar-refractivity contribution is 9.09. The molecule has 1 aliphatic heterocycles. The molecule has 0 fully saturated rings. The third-order valence-electron chi connectivity index (χ3n) is 2.84. The minimum absolute atomic E-state index is 0.662. The second kappa shape index (κ2) is 3.70. The van der Waals surface area contributed by atoms with Crippen LogP contribution in [-0.2, 0) is 6.42 Å². The summed E-state index contributed by atoms with van der Waals surface area (Å²) in [5.41, 5.74) is 2.89. The maximum atomic E-state index is 3.56. The van der Waals surface area contributed by atoms with Gasteiger partial charge in [-0.05, 0) is 24.5 Å². The molecule has 1 heterocycles. The van der Waals surface area contributed by atoms with E-state index in [-0.39, 0.29) is 0 Å². The number of nitrogens with zero attached hydrogens (tertiary/aromatic N) is 1. The number of benzene rings is 1. The van der Waals surface area contributed by atoms with Crippen molar-refractivity contribution in [2.45, 2.75) is 18.9 Å². The Labute approximate surface area is 87.9 Å². The first-order valence-corrected chi connectivity index (χ1v) is 5.82. The number of aryl methyl sites for hydroxylation is 1. The number of fused-ring (bicyclic) bond motifs is 1. The third kappa shape index (κ3) is 1.60. The predicted molar refractivity (Wildman–Crippen MR) is 60.7 cm³/mol. The molecule has 0 bridgehead atoms. The summed E-state index contributed by atoms with van der Waals surface area (Å²) in [7, 11) is 2.18. The SMILES string of the molecule is CN1c2ccccc2CCC1CBr. The van der Waals surface area contributed by atoms with E-state index in [0.29, 0.717) is 6.04 Å². The molecule has 1 aromatic rings. The molecule has 1 aromatic carbocycles. The van der Waals surface area contributed by atoms with Crippen LogP contribution in [0.3, 0.4) is 0 Å². The van der Waals surface area contributed by atoms with Crippen molar-refractivity contribution in [1.82, 2.24) is 0 Å². The van der Waals surface area contributed by atoms with Crippen LogP contribution in [0.15, 0.2) is 24.3 Å². The van der Waals surface area contributed by atoms with Crippen LogP contribution in [0.5, 0.6) is 0 Å². The Morgan fingerprint density at radius 1 is 1.46 bits per heavy atom. The Morgan fingerprint density at radius 3 is 3.00 bits per heavy atom. The molecule has 70 valence electrons. The van der Waals surface area contributed by atoms with Crippen LogP contribution in [0.2, 0.25) is 0 Å². The molecule has 0 amide bonds. The number of halogens is 1. The predicted octanol–water partition coefficient (Wildman–Crippen LogP) is 2.83. The first-order valence-electron chi connectivity index (χ1n) is 4.69. The summed E-state index contributed by atoms with van der Waals surface area (Å²) in [6.07, 6.45) is 2.48. The van der Waals surface area contributed by atoms with E-state index in [9.17, 15) is 0 Å². The van der Waals surface area contributed by atoms with Crippen molar-refractivity contribution in [3.63, 3.8) is 0 Å². The van der Waals surface area contributed by atoms with Gasteiger partial charge >= 0.3 is 0 Å². The lowest BCUT2D eigenvalue weighted by Gasteiger charge is -2.35. The topological polar surface area (TPSA) is 3.24 Å². The number of rotatable bonds is 1. The quantitative estimate of drug-likeness (QED) is 0.682. The van der Waals surface area contributed by atoms with Crippen LogP contribution in [0.1, 0.15) is 12.0 Å². The molecule has 0 aliphatic carbocycles. The van der Waals surface area contributed by atoms with E-state index in [1.54, 1.807) is 0 Å². The fraction of sp³-hybridized carbons (Fsp3) is 0.455. The van der Waals surface area contributed by atoms with Crippen molar-refractivity contribution >= 4 is 21.6 Å². The van der Waals surface area contributed by atoms with E-state index in [2.05, 4.69) is 52.1 Å². The number of alkyl halides is 1. The van der Waals surface area contributed by atoms with Crippen molar-refractivity contribution in [3.05, 3.63) is 29.8 Å². The average Bonchev–Trinajstić information content (AvgIpc) is 2.19. The molecule has 0 N–H and O–H groups in total. The normalized spacial score (nSPS) is 21.4. The van der Waals surface area contributed by atoms with E-state index in [1.165, 1.54) is 24.1 Å². The summed E-state index contributed by atoms with van der Waals surface area (Å²) in [4.78, 5) is 2.38. The Hall–Kier alpha value is -0.500. The summed E-state index contributed by atoms with van der Waals surface area (Å²) in [5, 5.41) is 1.07. The molecule has 0 radical (unpaired) electrons. The summed E-state index contributed by atoms with van der Waals surface area (Å²) < 4.78 is 0. The summed E-state index contributed by atoms with van der Waals surface area (Å²) in [5.74, 6) is 0. The maximum Gasteiger partial charge on any atom is 0.0398 e. The highest BCUT2D eigenvalue weighted by atomic mass is 79.9. The first-order chi connectivity index (χ1) is 6.33. The zero-order chi connectivity index (χ0) is 9.26. The van der Waals surface area contributed by atoms with Crippen LogP contribution in [0.25, 0.3) is 0 Å². The van der Waals surface area contributed by atoms with Crippen LogP contribution >= 0.6 is 15.9 Å². The van der Waals surface area contributed by atoms with E-state index in [4.69, 9.17) is 0 Å². The zero-order valence-corrected chi connectivity index (χ0v) is 9.42. The molecule has 0 saturated carbocycles. The van der Waals surface area contributed by atoms with Gasteiger partial charge in [0.2, 0.25) is 0 Å². The van der Waals surface area contributed by atoms with Crippen LogP contribution < -0.4 is 4.90 Å². The number of para-hydroxylation sites is 1. The summed E-state index contributed by atoms with van der Waals surface area (Å²) in [6.45, 7) is 0. The van der Waals surface area contributed by atoms with Crippen molar-refractivity contribution in [2.24, 2.45) is 0 Å². The summed E-state index contributed by atoms with van der Waals surface area (Å²) in [6, 6.07) is 9.35. The fourth-order valence-corrected chi connectivity index (χ4v) is 2.72. The van der Waals surface area contributed by atoms with Crippen molar-refractivity contribution in [1.29, 1.82) is 0 Å². The second-order valence-corrected chi connectivity index (χ2v) is 4.23. The van der Waals surface area contributed by atoms with Gasteiger partial charge in [0, 0.05) is 24.1 Å². The number of hydrogen-bond donors (Lipinski definition) is 0. The number of hydrogen-bond acceptors (Lipinski definition) is 1. The molecule has 0 saturated heterocycles. The van der Waals surface area contributed by atoms with Gasteiger partial charge in [-0.1, -0.05) is 34.1 Å². The molecule has 2 rings (SSSR count). The lowest BCUT2D eigenvalue weighted by atomic mass is 9.97. The van der Waals surface area contributed by atoms with Gasteiger partial charge in [0.15, 0.2) is 0 Å². The largest absolute Gasteiger partial charge is 0.371 e. The van der Waals surface area contributed by atoms with E-state index < -0.39 is 0 Å². The third-order valence-corrected chi connectivity index (χ3v) is 3.59. The Bertz CT molecular complexity index is 298. The van der Waals surface area contributed by atoms with Gasteiger partial charge in [-0.2, -0.15) is 0 Å². The Balaban J connectivity index is 2.33. The van der Waals surface area contributed by atoms with Gasteiger partial charge in [0.1, 0.15) is 0 Å². The molecule has 0 spiro atoms. The average molecular weight is 240 g/mol. The van der Waals surface area contributed by atoms with Crippen molar-refractivity contribution < 1.29 is 0 Å². The summed E-state index contributed by atoms with van der Waals surface area (Å²) >= 11 is 3.56. The van der Waals surface area contributed by atoms with Crippen molar-refractivity contribution in [3.8, 4) is 0 Å². The molecule has 1 unspecified atom stereocenters. The first kappa shape index (κ1) is 9.07. The molecule has 1 nitrogen and oxygen atoms in total. The lowest BCUT2D eigenvalue weighted by molar-refractivity contribution is 0.608. The highest BCUT2D eigenvalue weighted by Gasteiger charge is 2.21. The fourth-order valence-electron chi connectivity index (χ4n) is 1.96. The van der Waals surface area contributed by atoms with Gasteiger partial charge in [-0.25, -0.2) is 0 Å². The molecular formula is C11H14BrN. The maximum absolute atomic E-state index is 3.56. The van der Waals surface area contributed by atoms with Gasteiger partial charge in [-0.3, -0.25) is 0 Å². The standard InChI is InChI=1S/C11H14BrN/c1-13-10(8-12)7-6-9-4-2-3-5-11(9)13/h2-5,10H,6-8H2,1H3. The number of anilines is 1. The van der Waals surface area contributed by atoms with Gasteiger partial charge in [0.25, 0.3) is 0 Å². The smallest absolute Gasteiger partial charge is 0.0398 e. The molecule has 2 heteroatoms. The minimum atomic E-state index is 0.662. The molecular weight excluding hydrogens is 226 g/mol. The van der Waals surface area contributed by atoms with Crippen LogP contribution in [0.4, 0.5) is 5.69 Å². The van der Waals surface area contributed by atoms with Crippen molar-refractivity contribution in [2.75, 3.05) is 17.3 Å². The van der Waals surface area contributed by atoms with Gasteiger partial charge in [0.05, 0.1) is 0 Å². The Morgan fingerprint density at radius 2 is 2.23 bits per heavy atom. The highest BCUT2D eigenvalue weighted by Crippen LogP contribution is 2.29. The van der Waals surface area contributed by atoms with Gasteiger partial charge in [-0.15, -0.1) is 0 Å². The van der Waals surface area contributed by atoms with Gasteiger partial charge < -0.3 is 4.90 Å². The van der Waals surface area contributed by atoms with E-state index in [1.807, 2.05) is 0 Å². The zero-order valence-electron chi connectivity index (χ0n) is 7.83. The Kier molecular flexibility index (Phi) is 2.58. The van der Waals surface area contributed by atoms with Crippen LogP contribution in [0, 0.1) is 0 Å². The monoisotopic (exact) mass is 239 g/mol.